The lowest BCUT2D eigenvalue weighted by molar-refractivity contribution is -0.110. The van der Waals surface area contributed by atoms with Gasteiger partial charge in [-0.3, -0.25) is 0 Å². The molecule has 0 radical (unpaired) electrons. The highest BCUT2D eigenvalue weighted by Crippen LogP contribution is 2.60. The van der Waals surface area contributed by atoms with E-state index in [4.69, 9.17) is 0 Å². The van der Waals surface area contributed by atoms with Crippen LogP contribution in [0.1, 0.15) is 11.5 Å². The normalized spacial score (nSPS) is 29.7. The number of hydrogen-bond donors (Lipinski definition) is 0. The van der Waals surface area contributed by atoms with Crippen LogP contribution in [-0.4, -0.2) is 12.2 Å². The fourth-order valence-corrected chi connectivity index (χ4v) is 1.61. The molecule has 0 amide bonds. The van der Waals surface area contributed by atoms with Gasteiger partial charge in [0.05, 0.1) is 11.8 Å². The van der Waals surface area contributed by atoms with E-state index >= 15 is 0 Å². The molecule has 0 N–H and O–H groups in total. The summed E-state index contributed by atoms with van der Waals surface area (Å²) >= 11 is 0. The standard InChI is InChI=1S/C10H8F2O/c11-10(12)8(6-13)9(10)7-4-2-1-3-5-7/h1-6,8-9H/t8-,9-/m0/s1. The predicted octanol–water partition coefficient (Wildman–Crippen LogP) is 2.23. The highest BCUT2D eigenvalue weighted by atomic mass is 19.3. The van der Waals surface area contributed by atoms with Crippen LogP contribution in [0.2, 0.25) is 0 Å². The van der Waals surface area contributed by atoms with E-state index in [-0.39, 0.29) is 0 Å². The van der Waals surface area contributed by atoms with Crippen LogP contribution in [-0.2, 0) is 4.79 Å². The Labute approximate surface area is 74.4 Å². The number of carbonyl (C=O) groups is 1. The van der Waals surface area contributed by atoms with Gasteiger partial charge in [0, 0.05) is 0 Å². The average molecular weight is 182 g/mol. The lowest BCUT2D eigenvalue weighted by Crippen LogP contribution is -1.94. The molecule has 0 saturated heterocycles. The highest BCUT2D eigenvalue weighted by molar-refractivity contribution is 5.65. The molecule has 1 aromatic carbocycles. The molecule has 13 heavy (non-hydrogen) atoms. The zero-order valence-corrected chi connectivity index (χ0v) is 6.78. The first-order chi connectivity index (χ1) is 6.18. The Hall–Kier alpha value is -1.25. The van der Waals surface area contributed by atoms with E-state index in [1.54, 1.807) is 30.3 Å². The highest BCUT2D eigenvalue weighted by Gasteiger charge is 2.68. The minimum atomic E-state index is -2.83. The van der Waals surface area contributed by atoms with Crippen molar-refractivity contribution in [3.05, 3.63) is 35.9 Å². The fourth-order valence-electron chi connectivity index (χ4n) is 1.61. The van der Waals surface area contributed by atoms with Crippen LogP contribution in [0, 0.1) is 5.92 Å². The van der Waals surface area contributed by atoms with Crippen molar-refractivity contribution < 1.29 is 13.6 Å². The molecular formula is C10H8F2O. The molecule has 1 saturated carbocycles. The Kier molecular flexibility index (Phi) is 1.68. The number of carbonyl (C=O) groups excluding carboxylic acids is 1. The van der Waals surface area contributed by atoms with Gasteiger partial charge in [-0.25, -0.2) is 8.78 Å². The van der Waals surface area contributed by atoms with E-state index < -0.39 is 17.8 Å². The van der Waals surface area contributed by atoms with Crippen LogP contribution in [0.4, 0.5) is 8.78 Å². The van der Waals surface area contributed by atoms with E-state index in [0.717, 1.165) is 0 Å². The van der Waals surface area contributed by atoms with Crippen LogP contribution < -0.4 is 0 Å². The average Bonchev–Trinajstić information content (AvgIpc) is 2.69. The zero-order chi connectivity index (χ0) is 9.47. The number of halogens is 2. The minimum Gasteiger partial charge on any atom is -0.303 e. The first-order valence-corrected chi connectivity index (χ1v) is 4.06. The van der Waals surface area contributed by atoms with Gasteiger partial charge in [-0.05, 0) is 5.56 Å². The summed E-state index contributed by atoms with van der Waals surface area (Å²) in [5.74, 6) is -4.84. The molecule has 0 aromatic heterocycles. The monoisotopic (exact) mass is 182 g/mol. The molecule has 1 aliphatic rings. The number of rotatable bonds is 2. The van der Waals surface area contributed by atoms with Gasteiger partial charge >= 0.3 is 0 Å². The van der Waals surface area contributed by atoms with Crippen LogP contribution in [0.25, 0.3) is 0 Å². The second kappa shape index (κ2) is 2.62. The second-order valence-electron chi connectivity index (χ2n) is 3.22. The third kappa shape index (κ3) is 1.15. The Bertz CT molecular complexity index is 321. The second-order valence-corrected chi connectivity index (χ2v) is 3.22. The van der Waals surface area contributed by atoms with Crippen LogP contribution in [0.15, 0.2) is 30.3 Å². The molecule has 0 heterocycles. The number of alkyl halides is 2. The van der Waals surface area contributed by atoms with E-state index in [0.29, 0.717) is 11.8 Å². The Morgan fingerprint density at radius 2 is 1.85 bits per heavy atom. The first kappa shape index (κ1) is 8.35. The molecule has 0 unspecified atom stereocenters. The van der Waals surface area contributed by atoms with Gasteiger partial charge < -0.3 is 4.79 Å². The summed E-state index contributed by atoms with van der Waals surface area (Å²) < 4.78 is 25.8. The molecule has 0 spiro atoms. The topological polar surface area (TPSA) is 17.1 Å². The van der Waals surface area contributed by atoms with Crippen molar-refractivity contribution in [2.24, 2.45) is 5.92 Å². The summed E-state index contributed by atoms with van der Waals surface area (Å²) in [6.07, 6.45) is 0.345. The molecule has 0 bridgehead atoms. The van der Waals surface area contributed by atoms with E-state index in [2.05, 4.69) is 0 Å². The zero-order valence-electron chi connectivity index (χ0n) is 6.78. The van der Waals surface area contributed by atoms with Gasteiger partial charge in [-0.1, -0.05) is 30.3 Å². The Morgan fingerprint density at radius 3 is 2.31 bits per heavy atom. The summed E-state index contributed by atoms with van der Waals surface area (Å²) in [5.41, 5.74) is 0.546. The summed E-state index contributed by atoms with van der Waals surface area (Å²) in [6.45, 7) is 0. The lowest BCUT2D eigenvalue weighted by atomic mass is 10.1. The quantitative estimate of drug-likeness (QED) is 0.641. The molecule has 1 aromatic rings. The van der Waals surface area contributed by atoms with Crippen molar-refractivity contribution in [1.82, 2.24) is 0 Å². The smallest absolute Gasteiger partial charge is 0.265 e. The predicted molar refractivity (Wildman–Crippen MR) is 43.7 cm³/mol. The number of hydrogen-bond acceptors (Lipinski definition) is 1. The van der Waals surface area contributed by atoms with Gasteiger partial charge in [-0.15, -0.1) is 0 Å². The molecule has 1 fully saturated rings. The number of aldehydes is 1. The van der Waals surface area contributed by atoms with Gasteiger partial charge in [0.1, 0.15) is 6.29 Å². The SMILES string of the molecule is O=C[C@H]1[C@H](c2ccccc2)C1(F)F. The third-order valence-corrected chi connectivity index (χ3v) is 2.41. The van der Waals surface area contributed by atoms with Gasteiger partial charge in [0.2, 0.25) is 0 Å². The summed E-state index contributed by atoms with van der Waals surface area (Å²) in [5, 5.41) is 0. The van der Waals surface area contributed by atoms with Gasteiger partial charge in [-0.2, -0.15) is 0 Å². The first-order valence-electron chi connectivity index (χ1n) is 4.06. The molecular weight excluding hydrogens is 174 g/mol. The van der Waals surface area contributed by atoms with Crippen molar-refractivity contribution in [3.63, 3.8) is 0 Å². The van der Waals surface area contributed by atoms with E-state index in [1.165, 1.54) is 0 Å². The van der Waals surface area contributed by atoms with Crippen molar-refractivity contribution >= 4 is 6.29 Å². The minimum absolute atomic E-state index is 0.345. The van der Waals surface area contributed by atoms with Gasteiger partial charge in [0.25, 0.3) is 5.92 Å². The summed E-state index contributed by atoms with van der Waals surface area (Å²) in [6, 6.07) is 8.42. The largest absolute Gasteiger partial charge is 0.303 e. The molecule has 2 rings (SSSR count). The van der Waals surface area contributed by atoms with Crippen LogP contribution in [0.3, 0.4) is 0 Å². The van der Waals surface area contributed by atoms with Crippen molar-refractivity contribution in [3.8, 4) is 0 Å². The van der Waals surface area contributed by atoms with Crippen molar-refractivity contribution in [1.29, 1.82) is 0 Å². The molecule has 3 heteroatoms. The van der Waals surface area contributed by atoms with E-state index in [1.807, 2.05) is 0 Å². The molecule has 68 valence electrons. The lowest BCUT2D eigenvalue weighted by Gasteiger charge is -1.96. The maximum absolute atomic E-state index is 12.9. The molecule has 0 aliphatic heterocycles. The Morgan fingerprint density at radius 1 is 1.23 bits per heavy atom. The molecule has 2 atom stereocenters. The van der Waals surface area contributed by atoms with E-state index in [9.17, 15) is 13.6 Å². The van der Waals surface area contributed by atoms with Crippen LogP contribution >= 0.6 is 0 Å². The Balaban J connectivity index is 2.27. The maximum atomic E-state index is 12.9. The summed E-state index contributed by atoms with van der Waals surface area (Å²) in [4.78, 5) is 10.3. The number of benzene rings is 1. The fraction of sp³-hybridized carbons (Fsp3) is 0.300. The van der Waals surface area contributed by atoms with Crippen molar-refractivity contribution in [2.45, 2.75) is 11.8 Å². The molecule has 1 aliphatic carbocycles. The summed E-state index contributed by atoms with van der Waals surface area (Å²) in [7, 11) is 0. The van der Waals surface area contributed by atoms with Gasteiger partial charge in [0.15, 0.2) is 0 Å². The maximum Gasteiger partial charge on any atom is 0.265 e. The molecule has 1 nitrogen and oxygen atoms in total. The van der Waals surface area contributed by atoms with Crippen molar-refractivity contribution in [2.75, 3.05) is 0 Å². The third-order valence-electron chi connectivity index (χ3n) is 2.41. The van der Waals surface area contributed by atoms with Crippen LogP contribution in [0.5, 0.6) is 0 Å².